The monoisotopic (exact) mass is 389 g/mol. The van der Waals surface area contributed by atoms with E-state index in [1.165, 1.54) is 4.31 Å². The molecular formula is C19H23N3O4S. The molecule has 1 aliphatic rings. The molecule has 1 amide bonds. The Hall–Kier alpha value is -2.58. The molecule has 0 unspecified atom stereocenters. The number of methoxy groups -OCH3 is 1. The SMILES string of the molecule is COc1ccc(NC(=O)CNc2ccc(S(=O)(=O)N3CCCC3)cc2)cc1. The Morgan fingerprint density at radius 3 is 2.19 bits per heavy atom. The number of hydrogen-bond acceptors (Lipinski definition) is 5. The van der Waals surface area contributed by atoms with Gasteiger partial charge in [0.15, 0.2) is 0 Å². The summed E-state index contributed by atoms with van der Waals surface area (Å²) in [6, 6.07) is 13.5. The zero-order valence-corrected chi connectivity index (χ0v) is 16.0. The maximum Gasteiger partial charge on any atom is 0.243 e. The zero-order chi connectivity index (χ0) is 19.3. The summed E-state index contributed by atoms with van der Waals surface area (Å²) in [6.07, 6.45) is 1.81. The molecule has 2 aromatic rings. The Kier molecular flexibility index (Phi) is 5.98. The van der Waals surface area contributed by atoms with Crippen LogP contribution in [-0.2, 0) is 14.8 Å². The Morgan fingerprint density at radius 2 is 1.59 bits per heavy atom. The van der Waals surface area contributed by atoms with Crippen molar-refractivity contribution in [3.05, 3.63) is 48.5 Å². The topological polar surface area (TPSA) is 87.7 Å². The molecule has 1 heterocycles. The second-order valence-electron chi connectivity index (χ2n) is 6.27. The molecule has 0 aromatic heterocycles. The smallest absolute Gasteiger partial charge is 0.243 e. The van der Waals surface area contributed by atoms with Gasteiger partial charge in [-0.1, -0.05) is 0 Å². The summed E-state index contributed by atoms with van der Waals surface area (Å²) in [6.45, 7) is 1.23. The molecule has 144 valence electrons. The predicted octanol–water partition coefficient (Wildman–Crippen LogP) is 2.53. The molecule has 2 N–H and O–H groups in total. The van der Waals surface area contributed by atoms with E-state index >= 15 is 0 Å². The molecule has 0 radical (unpaired) electrons. The first kappa shape index (κ1) is 19.2. The van der Waals surface area contributed by atoms with Crippen LogP contribution in [0.25, 0.3) is 0 Å². The van der Waals surface area contributed by atoms with Crippen LogP contribution >= 0.6 is 0 Å². The number of amides is 1. The van der Waals surface area contributed by atoms with E-state index in [0.717, 1.165) is 18.6 Å². The first-order chi connectivity index (χ1) is 13.0. The van der Waals surface area contributed by atoms with E-state index in [0.29, 0.717) is 24.5 Å². The van der Waals surface area contributed by atoms with Crippen LogP contribution in [0.1, 0.15) is 12.8 Å². The van der Waals surface area contributed by atoms with Gasteiger partial charge >= 0.3 is 0 Å². The lowest BCUT2D eigenvalue weighted by molar-refractivity contribution is -0.114. The highest BCUT2D eigenvalue weighted by Gasteiger charge is 2.26. The van der Waals surface area contributed by atoms with E-state index < -0.39 is 10.0 Å². The number of ether oxygens (including phenoxy) is 1. The van der Waals surface area contributed by atoms with Gasteiger partial charge in [0.2, 0.25) is 15.9 Å². The molecule has 1 aliphatic heterocycles. The number of nitrogens with zero attached hydrogens (tertiary/aromatic N) is 1. The van der Waals surface area contributed by atoms with Crippen molar-refractivity contribution in [1.29, 1.82) is 0 Å². The molecule has 0 spiro atoms. The van der Waals surface area contributed by atoms with Crippen LogP contribution in [0.3, 0.4) is 0 Å². The summed E-state index contributed by atoms with van der Waals surface area (Å²) in [4.78, 5) is 12.3. The van der Waals surface area contributed by atoms with Crippen molar-refractivity contribution in [2.45, 2.75) is 17.7 Å². The third kappa shape index (κ3) is 4.78. The van der Waals surface area contributed by atoms with Gasteiger partial charge in [0.25, 0.3) is 0 Å². The number of carbonyl (C=O) groups is 1. The van der Waals surface area contributed by atoms with Crippen LogP contribution < -0.4 is 15.4 Å². The quantitative estimate of drug-likeness (QED) is 0.760. The summed E-state index contributed by atoms with van der Waals surface area (Å²) in [5.74, 6) is 0.518. The lowest BCUT2D eigenvalue weighted by Crippen LogP contribution is -2.27. The molecule has 0 bridgehead atoms. The van der Waals surface area contributed by atoms with Crippen LogP contribution in [0.15, 0.2) is 53.4 Å². The first-order valence-corrected chi connectivity index (χ1v) is 10.2. The fourth-order valence-corrected chi connectivity index (χ4v) is 4.40. The Labute approximate surface area is 159 Å². The normalized spacial score (nSPS) is 14.7. The number of nitrogens with one attached hydrogen (secondary N) is 2. The van der Waals surface area contributed by atoms with Gasteiger partial charge in [-0.2, -0.15) is 4.31 Å². The van der Waals surface area contributed by atoms with E-state index in [1.54, 1.807) is 55.6 Å². The molecule has 1 fully saturated rings. The number of benzene rings is 2. The van der Waals surface area contributed by atoms with Crippen molar-refractivity contribution in [2.24, 2.45) is 0 Å². The number of anilines is 2. The van der Waals surface area contributed by atoms with Crippen LogP contribution in [0.4, 0.5) is 11.4 Å². The van der Waals surface area contributed by atoms with Crippen LogP contribution in [-0.4, -0.2) is 45.4 Å². The molecule has 0 saturated carbocycles. The summed E-state index contributed by atoms with van der Waals surface area (Å²) in [5.41, 5.74) is 1.36. The summed E-state index contributed by atoms with van der Waals surface area (Å²) >= 11 is 0. The Balaban J connectivity index is 1.54. The predicted molar refractivity (Wildman–Crippen MR) is 105 cm³/mol. The second kappa shape index (κ2) is 8.41. The minimum Gasteiger partial charge on any atom is -0.497 e. The fourth-order valence-electron chi connectivity index (χ4n) is 2.88. The third-order valence-electron chi connectivity index (χ3n) is 4.38. The van der Waals surface area contributed by atoms with Gasteiger partial charge in [-0.05, 0) is 61.4 Å². The number of carbonyl (C=O) groups excluding carboxylic acids is 1. The van der Waals surface area contributed by atoms with E-state index in [-0.39, 0.29) is 17.3 Å². The highest BCUT2D eigenvalue weighted by molar-refractivity contribution is 7.89. The minimum atomic E-state index is -3.42. The van der Waals surface area contributed by atoms with E-state index in [9.17, 15) is 13.2 Å². The summed E-state index contributed by atoms with van der Waals surface area (Å²) in [5, 5.41) is 5.77. The highest BCUT2D eigenvalue weighted by Crippen LogP contribution is 2.22. The lowest BCUT2D eigenvalue weighted by Gasteiger charge is -2.15. The summed E-state index contributed by atoms with van der Waals surface area (Å²) < 4.78 is 31.6. The van der Waals surface area contributed by atoms with E-state index in [2.05, 4.69) is 10.6 Å². The maximum atomic E-state index is 12.5. The van der Waals surface area contributed by atoms with Gasteiger partial charge in [-0.15, -0.1) is 0 Å². The first-order valence-electron chi connectivity index (χ1n) is 8.77. The zero-order valence-electron chi connectivity index (χ0n) is 15.1. The van der Waals surface area contributed by atoms with Gasteiger partial charge in [0.05, 0.1) is 18.6 Å². The molecule has 2 aromatic carbocycles. The average Bonchev–Trinajstić information content (AvgIpc) is 3.23. The second-order valence-corrected chi connectivity index (χ2v) is 8.20. The van der Waals surface area contributed by atoms with Gasteiger partial charge < -0.3 is 15.4 Å². The van der Waals surface area contributed by atoms with Crippen LogP contribution in [0, 0.1) is 0 Å². The number of hydrogen-bond donors (Lipinski definition) is 2. The van der Waals surface area contributed by atoms with Crippen molar-refractivity contribution in [1.82, 2.24) is 4.31 Å². The van der Waals surface area contributed by atoms with E-state index in [1.807, 2.05) is 0 Å². The molecule has 1 saturated heterocycles. The molecule has 7 nitrogen and oxygen atoms in total. The molecule has 3 rings (SSSR count). The van der Waals surface area contributed by atoms with Gasteiger partial charge in [-0.25, -0.2) is 8.42 Å². The van der Waals surface area contributed by atoms with Gasteiger partial charge in [0.1, 0.15) is 5.75 Å². The standard InChI is InChI=1S/C19H23N3O4S/c1-26-17-8-4-16(5-9-17)21-19(23)14-20-15-6-10-18(11-7-15)27(24,25)22-12-2-3-13-22/h4-11,20H,2-3,12-14H2,1H3,(H,21,23). The van der Waals surface area contributed by atoms with E-state index in [4.69, 9.17) is 4.74 Å². The molecule has 0 atom stereocenters. The molecular weight excluding hydrogens is 366 g/mol. The van der Waals surface area contributed by atoms with Crippen molar-refractivity contribution in [3.63, 3.8) is 0 Å². The largest absolute Gasteiger partial charge is 0.497 e. The number of sulfonamides is 1. The van der Waals surface area contributed by atoms with Crippen LogP contribution in [0.5, 0.6) is 5.75 Å². The molecule has 0 aliphatic carbocycles. The van der Waals surface area contributed by atoms with Gasteiger partial charge in [-0.3, -0.25) is 4.79 Å². The van der Waals surface area contributed by atoms with Gasteiger partial charge in [0, 0.05) is 24.5 Å². The van der Waals surface area contributed by atoms with Crippen LogP contribution in [0.2, 0.25) is 0 Å². The molecule has 27 heavy (non-hydrogen) atoms. The van der Waals surface area contributed by atoms with Crippen molar-refractivity contribution in [2.75, 3.05) is 37.4 Å². The lowest BCUT2D eigenvalue weighted by atomic mass is 10.3. The minimum absolute atomic E-state index is 0.0737. The van der Waals surface area contributed by atoms with Crippen molar-refractivity contribution in [3.8, 4) is 5.75 Å². The Bertz CT molecular complexity index is 874. The molecule has 8 heteroatoms. The fraction of sp³-hybridized carbons (Fsp3) is 0.316. The summed E-state index contributed by atoms with van der Waals surface area (Å²) in [7, 11) is -1.83. The number of rotatable bonds is 7. The average molecular weight is 389 g/mol. The highest BCUT2D eigenvalue weighted by atomic mass is 32.2. The maximum absolute atomic E-state index is 12.5. The third-order valence-corrected chi connectivity index (χ3v) is 6.30. The Morgan fingerprint density at radius 1 is 1.00 bits per heavy atom. The van der Waals surface area contributed by atoms with Crippen molar-refractivity contribution < 1.29 is 17.9 Å². The van der Waals surface area contributed by atoms with Crippen molar-refractivity contribution >= 4 is 27.3 Å².